The van der Waals surface area contributed by atoms with E-state index in [-0.39, 0.29) is 33.6 Å². The lowest BCUT2D eigenvalue weighted by Crippen LogP contribution is -2.59. The van der Waals surface area contributed by atoms with Gasteiger partial charge in [0.25, 0.3) is 0 Å². The molecule has 0 spiro atoms. The molecule has 1 fully saturated rings. The topological polar surface area (TPSA) is 89.8 Å². The van der Waals surface area contributed by atoms with Gasteiger partial charge < -0.3 is 19.0 Å². The quantitative estimate of drug-likeness (QED) is 0.186. The van der Waals surface area contributed by atoms with Gasteiger partial charge in [0.15, 0.2) is 14.1 Å². The minimum absolute atomic E-state index is 0.00585. The molecule has 46 heavy (non-hydrogen) atoms. The first kappa shape index (κ1) is 36.3. The maximum absolute atomic E-state index is 15.6. The van der Waals surface area contributed by atoms with Gasteiger partial charge in [0.1, 0.15) is 11.4 Å². The van der Waals surface area contributed by atoms with Gasteiger partial charge in [-0.15, -0.1) is 0 Å². The number of halogens is 3. The van der Waals surface area contributed by atoms with Crippen LogP contribution in [0.2, 0.25) is 23.2 Å². The van der Waals surface area contributed by atoms with Crippen molar-refractivity contribution in [3.8, 4) is 5.69 Å². The van der Waals surface area contributed by atoms with Crippen molar-refractivity contribution in [1.82, 2.24) is 19.4 Å². The fourth-order valence-corrected chi connectivity index (χ4v) is 7.22. The van der Waals surface area contributed by atoms with Crippen LogP contribution in [-0.4, -0.2) is 71.7 Å². The van der Waals surface area contributed by atoms with E-state index < -0.39 is 37.6 Å². The van der Waals surface area contributed by atoms with E-state index in [1.165, 1.54) is 10.6 Å². The zero-order valence-corrected chi connectivity index (χ0v) is 32.1. The summed E-state index contributed by atoms with van der Waals surface area (Å²) in [6, 6.07) is 2.90. The predicted octanol–water partition coefficient (Wildman–Crippen LogP) is 8.22. The van der Waals surface area contributed by atoms with Gasteiger partial charge in [0, 0.05) is 25.8 Å². The van der Waals surface area contributed by atoms with Crippen LogP contribution in [0.1, 0.15) is 72.6 Å². The predicted molar refractivity (Wildman–Crippen MR) is 189 cm³/mol. The van der Waals surface area contributed by atoms with Crippen molar-refractivity contribution in [3.63, 3.8) is 0 Å². The van der Waals surface area contributed by atoms with Crippen molar-refractivity contribution in [1.29, 1.82) is 0 Å². The molecule has 1 aliphatic rings. The number of fused-ring (bicyclic) bond motifs is 1. The Morgan fingerprint density at radius 2 is 1.85 bits per heavy atom. The van der Waals surface area contributed by atoms with E-state index in [9.17, 15) is 9.59 Å². The fraction of sp³-hybridized carbons (Fsp3) is 0.576. The van der Waals surface area contributed by atoms with Crippen molar-refractivity contribution in [2.24, 2.45) is 0 Å². The van der Waals surface area contributed by atoms with Crippen molar-refractivity contribution in [2.45, 2.75) is 98.0 Å². The molecule has 3 heterocycles. The number of ether oxygens (including phenoxy) is 1. The minimum Gasteiger partial charge on any atom is -0.444 e. The summed E-state index contributed by atoms with van der Waals surface area (Å²) in [5.41, 5.74) is 1.30. The molecule has 3 aromatic rings. The first-order chi connectivity index (χ1) is 21.1. The highest BCUT2D eigenvalue weighted by Crippen LogP contribution is 2.40. The van der Waals surface area contributed by atoms with Crippen LogP contribution in [0.3, 0.4) is 0 Å². The summed E-state index contributed by atoms with van der Waals surface area (Å²) in [5, 5.41) is 0.203. The number of aromatic nitrogens is 3. The van der Waals surface area contributed by atoms with Crippen LogP contribution in [0.15, 0.2) is 27.6 Å². The lowest BCUT2D eigenvalue weighted by atomic mass is 10.0. The molecular formula is C33H46BrClFN5O4Si. The number of benzene rings is 1. The number of carbonyl (C=O) groups excluding carboxylic acids is 1. The smallest absolute Gasteiger partial charge is 0.410 e. The van der Waals surface area contributed by atoms with Gasteiger partial charge in [-0.05, 0) is 85.4 Å². The van der Waals surface area contributed by atoms with Crippen LogP contribution < -0.4 is 10.6 Å². The average molecular weight is 739 g/mol. The third kappa shape index (κ3) is 7.29. The van der Waals surface area contributed by atoms with Gasteiger partial charge in [-0.3, -0.25) is 9.55 Å². The summed E-state index contributed by atoms with van der Waals surface area (Å²) in [5.74, 6) is -0.372. The Kier molecular flexibility index (Phi) is 10.4. The van der Waals surface area contributed by atoms with Crippen molar-refractivity contribution in [3.05, 3.63) is 55.4 Å². The molecule has 13 heteroatoms. The van der Waals surface area contributed by atoms with Crippen molar-refractivity contribution in [2.75, 3.05) is 31.1 Å². The highest BCUT2D eigenvalue weighted by Gasteiger charge is 2.40. The summed E-state index contributed by atoms with van der Waals surface area (Å²) in [6.07, 6.45) is 1.29. The first-order valence-electron chi connectivity index (χ1n) is 15.6. The number of anilines is 1. The summed E-state index contributed by atoms with van der Waals surface area (Å²) >= 11 is 9.88. The van der Waals surface area contributed by atoms with E-state index in [0.29, 0.717) is 41.2 Å². The van der Waals surface area contributed by atoms with E-state index in [2.05, 4.69) is 59.8 Å². The van der Waals surface area contributed by atoms with E-state index in [1.807, 2.05) is 52.5 Å². The number of carbonyl (C=O) groups is 1. The van der Waals surface area contributed by atoms with Crippen molar-refractivity contribution < 1.29 is 18.3 Å². The van der Waals surface area contributed by atoms with E-state index in [0.717, 1.165) is 5.56 Å². The second kappa shape index (κ2) is 13.2. The highest BCUT2D eigenvalue weighted by atomic mass is 79.9. The first-order valence-corrected chi connectivity index (χ1v) is 19.7. The maximum Gasteiger partial charge on any atom is 0.410 e. The molecule has 9 nitrogen and oxygen atoms in total. The van der Waals surface area contributed by atoms with Gasteiger partial charge in [-0.1, -0.05) is 46.2 Å². The number of pyridine rings is 1. The number of rotatable bonds is 6. The molecule has 0 bridgehead atoms. The molecule has 2 aromatic heterocycles. The van der Waals surface area contributed by atoms with Gasteiger partial charge >= 0.3 is 11.8 Å². The summed E-state index contributed by atoms with van der Waals surface area (Å²) in [6.45, 7) is 23.4. The molecule has 1 amide bonds. The Hall–Kier alpha value is -2.54. The van der Waals surface area contributed by atoms with Gasteiger partial charge in [0.05, 0.1) is 44.4 Å². The number of piperazine rings is 1. The zero-order valence-electron chi connectivity index (χ0n) is 28.7. The number of nitrogens with zero attached hydrogens (tertiary/aromatic N) is 5. The standard InChI is InChI=1S/C33H46BrClFN5O4Si/c1-19(2)27-28(20(3)12-13-37-27)41-23-16-22(35)26(36)25(34)24(23)29(38-30(41)42)40-15-14-39(31(43)45-32(4,5)6)17-21(40)18-44-46(10,11)33(7,8)9/h12-13,16,19,21H,14-15,17-18H2,1-11H3/t21-/m1/s1. The Morgan fingerprint density at radius 3 is 2.43 bits per heavy atom. The maximum atomic E-state index is 15.6. The molecule has 0 radical (unpaired) electrons. The molecule has 0 unspecified atom stereocenters. The number of aryl methyl sites for hydroxylation is 1. The summed E-state index contributed by atoms with van der Waals surface area (Å²) < 4.78 is 29.5. The third-order valence-corrected chi connectivity index (χ3v) is 14.3. The number of hydrogen-bond donors (Lipinski definition) is 0. The minimum atomic E-state index is -2.22. The molecule has 1 saturated heterocycles. The molecule has 0 N–H and O–H groups in total. The Bertz CT molecular complexity index is 1700. The SMILES string of the molecule is Cc1ccnc(C(C)C)c1-n1c(=O)nc(N2CCN(C(=O)OC(C)(C)C)C[C@@H]2CO[Si](C)(C)C(C)(C)C)c2c(Br)c(F)c(Cl)cc21. The van der Waals surface area contributed by atoms with Gasteiger partial charge in [-0.2, -0.15) is 4.98 Å². The summed E-state index contributed by atoms with van der Waals surface area (Å²) in [7, 11) is -2.22. The zero-order chi connectivity index (χ0) is 34.5. The van der Waals surface area contributed by atoms with Crippen LogP contribution in [-0.2, 0) is 9.16 Å². The normalized spacial score (nSPS) is 16.5. The second-order valence-corrected chi connectivity index (χ2v) is 20.8. The van der Waals surface area contributed by atoms with Crippen LogP contribution >= 0.6 is 27.5 Å². The molecule has 0 saturated carbocycles. The molecule has 1 atom stereocenters. The summed E-state index contributed by atoms with van der Waals surface area (Å²) in [4.78, 5) is 40.2. The second-order valence-electron chi connectivity index (χ2n) is 14.8. The molecule has 1 aliphatic heterocycles. The average Bonchev–Trinajstić information content (AvgIpc) is 2.93. The Balaban J connectivity index is 1.94. The third-order valence-electron chi connectivity index (χ3n) is 8.77. The fourth-order valence-electron chi connectivity index (χ4n) is 5.27. The van der Waals surface area contributed by atoms with Crippen molar-refractivity contribution >= 4 is 58.7 Å². The van der Waals surface area contributed by atoms with E-state index in [1.54, 1.807) is 11.1 Å². The van der Waals surface area contributed by atoms with Crippen LogP contribution in [0.25, 0.3) is 16.6 Å². The van der Waals surface area contributed by atoms with Crippen LogP contribution in [0.5, 0.6) is 0 Å². The van der Waals surface area contributed by atoms with Crippen LogP contribution in [0.4, 0.5) is 15.0 Å². The Morgan fingerprint density at radius 1 is 1.20 bits per heavy atom. The molecule has 0 aliphatic carbocycles. The highest BCUT2D eigenvalue weighted by molar-refractivity contribution is 9.10. The van der Waals surface area contributed by atoms with E-state index in [4.69, 9.17) is 20.8 Å². The van der Waals surface area contributed by atoms with Gasteiger partial charge in [-0.25, -0.2) is 14.0 Å². The molecule has 252 valence electrons. The van der Waals surface area contributed by atoms with Crippen LogP contribution in [0, 0.1) is 12.7 Å². The lowest BCUT2D eigenvalue weighted by molar-refractivity contribution is 0.0199. The Labute approximate surface area is 285 Å². The van der Waals surface area contributed by atoms with E-state index >= 15 is 4.39 Å². The molecule has 1 aromatic carbocycles. The number of amides is 1. The van der Waals surface area contributed by atoms with Gasteiger partial charge in [0.2, 0.25) is 0 Å². The lowest BCUT2D eigenvalue weighted by Gasteiger charge is -2.44. The molecule has 4 rings (SSSR count). The number of hydrogen-bond acceptors (Lipinski definition) is 7. The monoisotopic (exact) mass is 737 g/mol. The molecular weight excluding hydrogens is 693 g/mol. The largest absolute Gasteiger partial charge is 0.444 e.